The highest BCUT2D eigenvalue weighted by Gasteiger charge is 2.34. The van der Waals surface area contributed by atoms with Crippen LogP contribution < -0.4 is 19.5 Å². The number of benzene rings is 1. The minimum absolute atomic E-state index is 0.282. The largest absolute Gasteiger partial charge is 0.493 e. The molecule has 1 aromatic rings. The van der Waals surface area contributed by atoms with E-state index in [-0.39, 0.29) is 6.79 Å². The molecule has 0 amide bonds. The molecule has 1 aliphatic carbocycles. The van der Waals surface area contributed by atoms with Gasteiger partial charge in [0, 0.05) is 18.5 Å². The molecule has 0 radical (unpaired) electrons. The maximum Gasteiger partial charge on any atom is 0.231 e. The summed E-state index contributed by atoms with van der Waals surface area (Å²) in [5.74, 6) is 4.16. The summed E-state index contributed by atoms with van der Waals surface area (Å²) in [6.07, 6.45) is 4.15. The molecular formula is C19H26FNO3. The third-order valence-corrected chi connectivity index (χ3v) is 5.78. The standard InChI is InChI=1S/C19H26FNO3/c20-15-3-1-13(2-4-15)17-7-8-21-10-14(17)11-22-16-5-6-18-19(9-16)24-12-23-18/h5-6,9,13-15,17,21H,1-4,7-8,10-12H2/t13?,14-,15?,17-/m0/s1. The Morgan fingerprint density at radius 3 is 2.79 bits per heavy atom. The average Bonchev–Trinajstić information content (AvgIpc) is 3.09. The van der Waals surface area contributed by atoms with Crippen LogP contribution in [0.25, 0.3) is 0 Å². The molecule has 5 heteroatoms. The first-order valence-corrected chi connectivity index (χ1v) is 9.17. The number of ether oxygens (including phenoxy) is 3. The van der Waals surface area contributed by atoms with Gasteiger partial charge in [0.2, 0.25) is 6.79 Å². The first-order chi connectivity index (χ1) is 11.8. The lowest BCUT2D eigenvalue weighted by molar-refractivity contribution is 0.0795. The first kappa shape index (κ1) is 16.0. The summed E-state index contributed by atoms with van der Waals surface area (Å²) in [4.78, 5) is 0. The van der Waals surface area contributed by atoms with Crippen LogP contribution in [0.1, 0.15) is 32.1 Å². The molecule has 132 valence electrons. The van der Waals surface area contributed by atoms with Gasteiger partial charge in [-0.2, -0.15) is 0 Å². The van der Waals surface area contributed by atoms with Gasteiger partial charge in [-0.1, -0.05) is 0 Å². The Labute approximate surface area is 142 Å². The lowest BCUT2D eigenvalue weighted by atomic mass is 9.71. The highest BCUT2D eigenvalue weighted by Crippen LogP contribution is 2.39. The molecule has 0 unspecified atom stereocenters. The zero-order valence-electron chi connectivity index (χ0n) is 14.0. The van der Waals surface area contributed by atoms with E-state index in [1.54, 1.807) is 0 Å². The van der Waals surface area contributed by atoms with E-state index in [0.29, 0.717) is 24.4 Å². The number of alkyl halides is 1. The topological polar surface area (TPSA) is 39.7 Å². The molecule has 3 aliphatic rings. The maximum absolute atomic E-state index is 13.4. The molecule has 2 aliphatic heterocycles. The van der Waals surface area contributed by atoms with Crippen LogP contribution in [0.2, 0.25) is 0 Å². The molecule has 2 atom stereocenters. The molecule has 1 saturated carbocycles. The molecule has 2 fully saturated rings. The number of piperidine rings is 1. The molecular weight excluding hydrogens is 309 g/mol. The van der Waals surface area contributed by atoms with E-state index < -0.39 is 6.17 Å². The second-order valence-electron chi connectivity index (χ2n) is 7.25. The lowest BCUT2D eigenvalue weighted by Crippen LogP contribution is -2.43. The minimum Gasteiger partial charge on any atom is -0.493 e. The third kappa shape index (κ3) is 3.46. The summed E-state index contributed by atoms with van der Waals surface area (Å²) in [6.45, 7) is 3.04. The molecule has 1 N–H and O–H groups in total. The van der Waals surface area contributed by atoms with E-state index in [9.17, 15) is 4.39 Å². The molecule has 2 heterocycles. The smallest absolute Gasteiger partial charge is 0.231 e. The van der Waals surface area contributed by atoms with Crippen molar-refractivity contribution in [3.05, 3.63) is 18.2 Å². The predicted octanol–water partition coefficient (Wildman–Crippen LogP) is 3.55. The zero-order chi connectivity index (χ0) is 16.4. The van der Waals surface area contributed by atoms with Gasteiger partial charge in [0.05, 0.1) is 6.61 Å². The summed E-state index contributed by atoms with van der Waals surface area (Å²) in [5, 5.41) is 3.49. The highest BCUT2D eigenvalue weighted by atomic mass is 19.1. The minimum atomic E-state index is -0.578. The van der Waals surface area contributed by atoms with Crippen LogP contribution in [0.3, 0.4) is 0 Å². The van der Waals surface area contributed by atoms with Crippen molar-refractivity contribution >= 4 is 0 Å². The van der Waals surface area contributed by atoms with Gasteiger partial charge in [0.1, 0.15) is 11.9 Å². The fourth-order valence-corrected chi connectivity index (χ4v) is 4.42. The van der Waals surface area contributed by atoms with E-state index in [1.165, 1.54) is 6.42 Å². The number of hydrogen-bond acceptors (Lipinski definition) is 4. The van der Waals surface area contributed by atoms with Crippen molar-refractivity contribution in [2.24, 2.45) is 17.8 Å². The molecule has 0 aromatic heterocycles. The fraction of sp³-hybridized carbons (Fsp3) is 0.684. The maximum atomic E-state index is 13.4. The Kier molecular flexibility index (Phi) is 4.79. The van der Waals surface area contributed by atoms with Gasteiger partial charge in [0.25, 0.3) is 0 Å². The second-order valence-corrected chi connectivity index (χ2v) is 7.25. The Hall–Kier alpha value is -1.49. The molecule has 1 saturated heterocycles. The summed E-state index contributed by atoms with van der Waals surface area (Å²) < 4.78 is 30.2. The number of fused-ring (bicyclic) bond motifs is 1. The van der Waals surface area contributed by atoms with E-state index >= 15 is 0 Å². The zero-order valence-corrected chi connectivity index (χ0v) is 14.0. The molecule has 4 nitrogen and oxygen atoms in total. The average molecular weight is 335 g/mol. The van der Waals surface area contributed by atoms with Gasteiger partial charge in [-0.15, -0.1) is 0 Å². The lowest BCUT2D eigenvalue weighted by Gasteiger charge is -2.39. The number of rotatable bonds is 4. The van der Waals surface area contributed by atoms with Crippen molar-refractivity contribution in [2.75, 3.05) is 26.5 Å². The van der Waals surface area contributed by atoms with Gasteiger partial charge >= 0.3 is 0 Å². The van der Waals surface area contributed by atoms with Crippen molar-refractivity contribution in [1.29, 1.82) is 0 Å². The van der Waals surface area contributed by atoms with E-state index in [1.807, 2.05) is 18.2 Å². The van der Waals surface area contributed by atoms with E-state index in [0.717, 1.165) is 56.0 Å². The monoisotopic (exact) mass is 335 g/mol. The van der Waals surface area contributed by atoms with Crippen LogP contribution in [0, 0.1) is 17.8 Å². The van der Waals surface area contributed by atoms with Crippen molar-refractivity contribution in [3.63, 3.8) is 0 Å². The van der Waals surface area contributed by atoms with E-state index in [4.69, 9.17) is 14.2 Å². The Bertz CT molecular complexity index is 560. The Balaban J connectivity index is 1.36. The summed E-state index contributed by atoms with van der Waals surface area (Å²) >= 11 is 0. The van der Waals surface area contributed by atoms with Gasteiger partial charge in [-0.05, 0) is 62.6 Å². The molecule has 0 bridgehead atoms. The van der Waals surface area contributed by atoms with Gasteiger partial charge in [-0.25, -0.2) is 4.39 Å². The van der Waals surface area contributed by atoms with Crippen LogP contribution in [-0.2, 0) is 0 Å². The van der Waals surface area contributed by atoms with E-state index in [2.05, 4.69) is 5.32 Å². The van der Waals surface area contributed by atoms with Crippen LogP contribution in [-0.4, -0.2) is 32.7 Å². The van der Waals surface area contributed by atoms with Gasteiger partial charge in [-0.3, -0.25) is 0 Å². The van der Waals surface area contributed by atoms with Crippen LogP contribution in [0.4, 0.5) is 4.39 Å². The number of hydrogen-bond donors (Lipinski definition) is 1. The normalized spacial score (nSPS) is 32.5. The van der Waals surface area contributed by atoms with Crippen molar-refractivity contribution < 1.29 is 18.6 Å². The molecule has 24 heavy (non-hydrogen) atoms. The van der Waals surface area contributed by atoms with Crippen molar-refractivity contribution in [3.8, 4) is 17.2 Å². The summed E-state index contributed by atoms with van der Waals surface area (Å²) in [5.41, 5.74) is 0. The number of halogens is 1. The predicted molar refractivity (Wildman–Crippen MR) is 89.4 cm³/mol. The third-order valence-electron chi connectivity index (χ3n) is 5.78. The van der Waals surface area contributed by atoms with Crippen molar-refractivity contribution in [2.45, 2.75) is 38.3 Å². The van der Waals surface area contributed by atoms with Crippen LogP contribution >= 0.6 is 0 Å². The molecule has 1 aromatic carbocycles. The highest BCUT2D eigenvalue weighted by molar-refractivity contribution is 5.46. The molecule has 4 rings (SSSR count). The van der Waals surface area contributed by atoms with Crippen molar-refractivity contribution in [1.82, 2.24) is 5.32 Å². The Morgan fingerprint density at radius 2 is 1.92 bits per heavy atom. The quantitative estimate of drug-likeness (QED) is 0.913. The van der Waals surface area contributed by atoms with Gasteiger partial charge in [0.15, 0.2) is 11.5 Å². The first-order valence-electron chi connectivity index (χ1n) is 9.17. The molecule has 0 spiro atoms. The summed E-state index contributed by atoms with van der Waals surface area (Å²) in [7, 11) is 0. The summed E-state index contributed by atoms with van der Waals surface area (Å²) in [6, 6.07) is 5.74. The SMILES string of the molecule is FC1CCC([C@@H]2CCNC[C@H]2COc2ccc3c(c2)OCO3)CC1. The second kappa shape index (κ2) is 7.18. The van der Waals surface area contributed by atoms with Gasteiger partial charge < -0.3 is 19.5 Å². The number of nitrogens with one attached hydrogen (secondary N) is 1. The van der Waals surface area contributed by atoms with Crippen LogP contribution in [0.15, 0.2) is 18.2 Å². The Morgan fingerprint density at radius 1 is 1.08 bits per heavy atom. The van der Waals surface area contributed by atoms with Crippen LogP contribution in [0.5, 0.6) is 17.2 Å². The fourth-order valence-electron chi connectivity index (χ4n) is 4.42.